The monoisotopic (exact) mass is 520 g/mol. The first-order chi connectivity index (χ1) is 19.1. The van der Waals surface area contributed by atoms with Gasteiger partial charge < -0.3 is 9.13 Å². The molecular formula is C38H36N2. The Morgan fingerprint density at radius 1 is 0.375 bits per heavy atom. The fraction of sp³-hybridized carbons (Fsp3) is 0.211. The number of rotatable bonds is 2. The molecule has 5 aromatic carbocycles. The van der Waals surface area contributed by atoms with Gasteiger partial charge in [-0.15, -0.1) is 0 Å². The maximum atomic E-state index is 2.42. The molecule has 2 nitrogen and oxygen atoms in total. The lowest BCUT2D eigenvalue weighted by Gasteiger charge is -2.19. The summed E-state index contributed by atoms with van der Waals surface area (Å²) in [6, 6.07) is 40.6. The molecule has 0 aliphatic carbocycles. The van der Waals surface area contributed by atoms with Crippen molar-refractivity contribution in [2.75, 3.05) is 0 Å². The van der Waals surface area contributed by atoms with Crippen LogP contribution in [0.4, 0.5) is 0 Å². The van der Waals surface area contributed by atoms with Crippen molar-refractivity contribution in [2.24, 2.45) is 0 Å². The van der Waals surface area contributed by atoms with Crippen molar-refractivity contribution in [3.8, 4) is 11.4 Å². The van der Waals surface area contributed by atoms with Gasteiger partial charge in [0.2, 0.25) is 0 Å². The van der Waals surface area contributed by atoms with E-state index in [-0.39, 0.29) is 10.8 Å². The van der Waals surface area contributed by atoms with E-state index < -0.39 is 0 Å². The van der Waals surface area contributed by atoms with Gasteiger partial charge in [0.15, 0.2) is 0 Å². The molecule has 40 heavy (non-hydrogen) atoms. The smallest absolute Gasteiger partial charge is 0.0541 e. The Morgan fingerprint density at radius 3 is 1.20 bits per heavy atom. The van der Waals surface area contributed by atoms with Crippen molar-refractivity contribution in [1.29, 1.82) is 0 Å². The second-order valence-corrected chi connectivity index (χ2v) is 13.2. The molecule has 0 aliphatic rings. The molecule has 0 saturated heterocycles. The summed E-state index contributed by atoms with van der Waals surface area (Å²) >= 11 is 0. The summed E-state index contributed by atoms with van der Waals surface area (Å²) in [5.74, 6) is 0. The lowest BCUT2D eigenvalue weighted by molar-refractivity contribution is 0.591. The fourth-order valence-corrected chi connectivity index (χ4v) is 6.21. The average Bonchev–Trinajstić information content (AvgIpc) is 3.44. The van der Waals surface area contributed by atoms with Gasteiger partial charge in [-0.3, -0.25) is 0 Å². The third-order valence-electron chi connectivity index (χ3n) is 8.42. The second-order valence-electron chi connectivity index (χ2n) is 13.2. The normalized spacial score (nSPS) is 12.8. The van der Waals surface area contributed by atoms with Gasteiger partial charge >= 0.3 is 0 Å². The minimum atomic E-state index is 0.0979. The molecule has 0 unspecified atom stereocenters. The highest BCUT2D eigenvalue weighted by Gasteiger charge is 2.20. The molecule has 7 aromatic rings. The van der Waals surface area contributed by atoms with E-state index in [0.717, 1.165) is 0 Å². The van der Waals surface area contributed by atoms with Gasteiger partial charge in [-0.05, 0) is 76.6 Å². The first-order valence-corrected chi connectivity index (χ1v) is 14.3. The van der Waals surface area contributed by atoms with Crippen molar-refractivity contribution in [1.82, 2.24) is 9.13 Å². The van der Waals surface area contributed by atoms with Crippen molar-refractivity contribution >= 4 is 43.6 Å². The molecule has 2 heteroatoms. The van der Waals surface area contributed by atoms with E-state index in [1.807, 2.05) is 0 Å². The Kier molecular flexibility index (Phi) is 5.31. The van der Waals surface area contributed by atoms with E-state index in [9.17, 15) is 0 Å². The molecule has 198 valence electrons. The molecule has 0 radical (unpaired) electrons. The van der Waals surface area contributed by atoms with Crippen LogP contribution in [0.5, 0.6) is 0 Å². The summed E-state index contributed by atoms with van der Waals surface area (Å²) in [5.41, 5.74) is 10.2. The largest absolute Gasteiger partial charge is 0.309 e. The van der Waals surface area contributed by atoms with E-state index in [2.05, 4.69) is 160 Å². The summed E-state index contributed by atoms with van der Waals surface area (Å²) in [5, 5.41) is 5.20. The van der Waals surface area contributed by atoms with E-state index in [4.69, 9.17) is 0 Å². The molecule has 0 amide bonds. The van der Waals surface area contributed by atoms with Crippen molar-refractivity contribution in [2.45, 2.75) is 52.4 Å². The summed E-state index contributed by atoms with van der Waals surface area (Å²) < 4.78 is 4.85. The summed E-state index contributed by atoms with van der Waals surface area (Å²) in [4.78, 5) is 0. The highest BCUT2D eigenvalue weighted by atomic mass is 15.0. The highest BCUT2D eigenvalue weighted by Crippen LogP contribution is 2.38. The standard InChI is InChI=1S/C38H36N2/c1-37(2,3)25-18-20-35-31(22-25)29-14-7-9-16-33(29)39(35)27-12-11-13-28(24-27)40-34-17-10-8-15-30(34)32-23-26(38(4,5)6)19-21-36(32)40/h7-24H,1-6H3. The molecule has 0 fully saturated rings. The van der Waals surface area contributed by atoms with Gasteiger partial charge in [0.1, 0.15) is 0 Å². The van der Waals surface area contributed by atoms with Crippen molar-refractivity contribution in [3.05, 3.63) is 120 Å². The summed E-state index contributed by atoms with van der Waals surface area (Å²) in [6.45, 7) is 13.7. The zero-order valence-corrected chi connectivity index (χ0v) is 24.3. The summed E-state index contributed by atoms with van der Waals surface area (Å²) in [7, 11) is 0. The second kappa shape index (κ2) is 8.60. The van der Waals surface area contributed by atoms with Crippen molar-refractivity contribution in [3.63, 3.8) is 0 Å². The van der Waals surface area contributed by atoms with Crippen LogP contribution in [-0.4, -0.2) is 9.13 Å². The number of para-hydroxylation sites is 2. The number of benzene rings is 5. The van der Waals surface area contributed by atoms with Crippen molar-refractivity contribution < 1.29 is 0 Å². The molecule has 0 atom stereocenters. The third-order valence-corrected chi connectivity index (χ3v) is 8.42. The van der Waals surface area contributed by atoms with Gasteiger partial charge in [0, 0.05) is 32.9 Å². The van der Waals surface area contributed by atoms with Gasteiger partial charge in [0.05, 0.1) is 22.1 Å². The quantitative estimate of drug-likeness (QED) is 0.215. The molecule has 0 spiro atoms. The van der Waals surface area contributed by atoms with Crippen LogP contribution in [0.1, 0.15) is 52.7 Å². The average molecular weight is 521 g/mol. The molecule has 7 rings (SSSR count). The molecule has 0 aliphatic heterocycles. The Morgan fingerprint density at radius 2 is 0.775 bits per heavy atom. The molecule has 2 aromatic heterocycles. The zero-order valence-electron chi connectivity index (χ0n) is 24.3. The Balaban J connectivity index is 1.49. The van der Waals surface area contributed by atoms with Crippen LogP contribution in [0.2, 0.25) is 0 Å². The predicted molar refractivity (Wildman–Crippen MR) is 173 cm³/mol. The van der Waals surface area contributed by atoms with Gasteiger partial charge in [-0.25, -0.2) is 0 Å². The first kappa shape index (κ1) is 24.7. The number of fused-ring (bicyclic) bond motifs is 6. The molecule has 0 N–H and O–H groups in total. The van der Waals surface area contributed by atoms with Gasteiger partial charge in [0.25, 0.3) is 0 Å². The number of hydrogen-bond acceptors (Lipinski definition) is 0. The third kappa shape index (κ3) is 3.78. The van der Waals surface area contributed by atoms with Crippen LogP contribution in [-0.2, 0) is 10.8 Å². The molecule has 0 saturated carbocycles. The van der Waals surface area contributed by atoms with E-state index >= 15 is 0 Å². The van der Waals surface area contributed by atoms with Crippen LogP contribution < -0.4 is 0 Å². The minimum Gasteiger partial charge on any atom is -0.309 e. The topological polar surface area (TPSA) is 9.86 Å². The minimum absolute atomic E-state index is 0.0979. The molecular weight excluding hydrogens is 484 g/mol. The van der Waals surface area contributed by atoms with E-state index in [1.165, 1.54) is 66.1 Å². The number of hydrogen-bond donors (Lipinski definition) is 0. The lowest BCUT2D eigenvalue weighted by Crippen LogP contribution is -2.10. The lowest BCUT2D eigenvalue weighted by atomic mass is 9.86. The van der Waals surface area contributed by atoms with Crippen LogP contribution in [0, 0.1) is 0 Å². The van der Waals surface area contributed by atoms with Crippen LogP contribution in [0.15, 0.2) is 109 Å². The highest BCUT2D eigenvalue weighted by molar-refractivity contribution is 6.11. The Labute approximate surface area is 236 Å². The maximum Gasteiger partial charge on any atom is 0.0541 e. The summed E-state index contributed by atoms with van der Waals surface area (Å²) in [6.07, 6.45) is 0. The van der Waals surface area contributed by atoms with E-state index in [1.54, 1.807) is 0 Å². The zero-order chi connectivity index (χ0) is 27.8. The van der Waals surface area contributed by atoms with Crippen LogP contribution in [0.3, 0.4) is 0 Å². The predicted octanol–water partition coefficient (Wildman–Crippen LogP) is 10.5. The van der Waals surface area contributed by atoms with Crippen LogP contribution in [0.25, 0.3) is 55.0 Å². The van der Waals surface area contributed by atoms with E-state index in [0.29, 0.717) is 0 Å². The first-order valence-electron chi connectivity index (χ1n) is 14.3. The SMILES string of the molecule is CC(C)(C)c1ccc2c(c1)c1ccccc1n2-c1cccc(-n2c3ccccc3c3cc(C(C)(C)C)ccc32)c1. The number of aromatic nitrogens is 2. The Bertz CT molecular complexity index is 1920. The Hall–Kier alpha value is -4.30. The van der Waals surface area contributed by atoms with Gasteiger partial charge in [-0.1, -0.05) is 96.1 Å². The molecule has 2 heterocycles. The fourth-order valence-electron chi connectivity index (χ4n) is 6.21. The van der Waals surface area contributed by atoms with Gasteiger partial charge in [-0.2, -0.15) is 0 Å². The van der Waals surface area contributed by atoms with Crippen LogP contribution >= 0.6 is 0 Å². The maximum absolute atomic E-state index is 2.42. The molecule has 0 bridgehead atoms. The number of nitrogens with zero attached hydrogens (tertiary/aromatic N) is 2.